The summed E-state index contributed by atoms with van der Waals surface area (Å²) in [6.45, 7) is 3.71. The summed E-state index contributed by atoms with van der Waals surface area (Å²) in [5.41, 5.74) is 1.98. The molecule has 0 aromatic heterocycles. The fourth-order valence-electron chi connectivity index (χ4n) is 2.97. The van der Waals surface area contributed by atoms with E-state index in [-0.39, 0.29) is 0 Å². The van der Waals surface area contributed by atoms with Crippen LogP contribution in [0.1, 0.15) is 19.3 Å². The number of carbonyl (C=O) groups is 1. The lowest BCUT2D eigenvalue weighted by molar-refractivity contribution is -0.137. The molecule has 1 atom stereocenters. The molecular formula is C20H21O4P. The minimum atomic E-state index is -2.93. The Bertz CT molecular complexity index is 828. The van der Waals surface area contributed by atoms with Crippen molar-refractivity contribution in [3.63, 3.8) is 0 Å². The first kappa shape index (κ1) is 17.5. The Kier molecular flexibility index (Phi) is 5.40. The van der Waals surface area contributed by atoms with Crippen molar-refractivity contribution in [1.29, 1.82) is 0 Å². The van der Waals surface area contributed by atoms with Gasteiger partial charge in [0.1, 0.15) is 5.75 Å². The van der Waals surface area contributed by atoms with Gasteiger partial charge in [-0.2, -0.15) is 0 Å². The summed E-state index contributed by atoms with van der Waals surface area (Å²) in [5.74, 6) is 0.276. The molecule has 1 aliphatic heterocycles. The minimum absolute atomic E-state index is 0.357. The molecule has 0 fully saturated rings. The van der Waals surface area contributed by atoms with Crippen LogP contribution in [0.15, 0.2) is 61.2 Å². The molecule has 1 unspecified atom stereocenters. The van der Waals surface area contributed by atoms with Crippen molar-refractivity contribution in [3.05, 3.63) is 61.2 Å². The third kappa shape index (κ3) is 3.85. The molecule has 0 bridgehead atoms. The molecule has 2 aromatic carbocycles. The van der Waals surface area contributed by atoms with Crippen molar-refractivity contribution < 1.29 is 18.6 Å². The standard InChI is InChI=1S/C20H21O4P/c1-2-20(21)23-14-8-3-9-15-25(22)19-13-7-5-11-17(19)16-10-4-6-12-18(16)24-25/h2,4-7,10-13H,1,3,8-9,14-15H2. The second-order valence-corrected chi connectivity index (χ2v) is 8.39. The molecule has 0 radical (unpaired) electrons. The highest BCUT2D eigenvalue weighted by atomic mass is 31.2. The second-order valence-electron chi connectivity index (χ2n) is 5.93. The molecule has 2 aromatic rings. The van der Waals surface area contributed by atoms with Crippen LogP contribution in [0.5, 0.6) is 5.75 Å². The van der Waals surface area contributed by atoms with Crippen LogP contribution in [0.25, 0.3) is 11.1 Å². The highest BCUT2D eigenvalue weighted by Crippen LogP contribution is 2.54. The van der Waals surface area contributed by atoms with Crippen LogP contribution in [-0.2, 0) is 14.1 Å². The van der Waals surface area contributed by atoms with Crippen LogP contribution < -0.4 is 9.83 Å². The molecule has 1 aliphatic rings. The summed E-state index contributed by atoms with van der Waals surface area (Å²) in [5, 5.41) is 0.798. The van der Waals surface area contributed by atoms with Gasteiger partial charge in [0.15, 0.2) is 0 Å². The van der Waals surface area contributed by atoms with E-state index >= 15 is 0 Å². The van der Waals surface area contributed by atoms with Crippen molar-refractivity contribution in [2.45, 2.75) is 19.3 Å². The molecule has 0 amide bonds. The molecule has 0 saturated heterocycles. The average Bonchev–Trinajstić information content (AvgIpc) is 2.64. The summed E-state index contributed by atoms with van der Waals surface area (Å²) in [6.07, 6.45) is 3.94. The smallest absolute Gasteiger partial charge is 0.330 e. The highest BCUT2D eigenvalue weighted by molar-refractivity contribution is 7.67. The average molecular weight is 356 g/mol. The number of esters is 1. The number of para-hydroxylation sites is 1. The van der Waals surface area contributed by atoms with E-state index in [0.717, 1.165) is 41.8 Å². The second kappa shape index (κ2) is 7.71. The summed E-state index contributed by atoms with van der Waals surface area (Å²) in [6, 6.07) is 15.5. The molecule has 4 nitrogen and oxygen atoms in total. The highest BCUT2D eigenvalue weighted by Gasteiger charge is 2.34. The van der Waals surface area contributed by atoms with Gasteiger partial charge in [0.2, 0.25) is 0 Å². The SMILES string of the molecule is C=CC(=O)OCCCCCP1(=O)Oc2ccccc2-c2ccccc21. The molecule has 0 spiro atoms. The zero-order valence-electron chi connectivity index (χ0n) is 14.0. The number of ether oxygens (including phenoxy) is 1. The number of hydrogen-bond donors (Lipinski definition) is 0. The van der Waals surface area contributed by atoms with Gasteiger partial charge in [-0.1, -0.05) is 43.0 Å². The molecule has 3 rings (SSSR count). The van der Waals surface area contributed by atoms with Crippen LogP contribution in [-0.4, -0.2) is 18.7 Å². The van der Waals surface area contributed by atoms with Crippen molar-refractivity contribution in [2.75, 3.05) is 12.8 Å². The van der Waals surface area contributed by atoms with E-state index in [1.54, 1.807) is 0 Å². The lowest BCUT2D eigenvalue weighted by Crippen LogP contribution is -2.19. The fourth-order valence-corrected chi connectivity index (χ4v) is 5.39. The van der Waals surface area contributed by atoms with Crippen molar-refractivity contribution >= 4 is 18.6 Å². The van der Waals surface area contributed by atoms with E-state index in [1.165, 1.54) is 0 Å². The topological polar surface area (TPSA) is 52.6 Å². The van der Waals surface area contributed by atoms with Gasteiger partial charge in [0, 0.05) is 17.8 Å². The molecule has 0 saturated carbocycles. The Hall–Kier alpha value is -2.32. The zero-order valence-corrected chi connectivity index (χ0v) is 14.9. The first-order chi connectivity index (χ1) is 12.1. The fraction of sp³-hybridized carbons (Fsp3) is 0.250. The van der Waals surface area contributed by atoms with Crippen LogP contribution >= 0.6 is 7.37 Å². The zero-order chi connectivity index (χ0) is 17.7. The van der Waals surface area contributed by atoms with Gasteiger partial charge < -0.3 is 9.26 Å². The predicted octanol–water partition coefficient (Wildman–Crippen LogP) is 4.55. The third-order valence-electron chi connectivity index (χ3n) is 4.20. The Labute approximate surface area is 147 Å². The number of fused-ring (bicyclic) bond motifs is 3. The lowest BCUT2D eigenvalue weighted by atomic mass is 10.0. The summed E-state index contributed by atoms with van der Waals surface area (Å²) < 4.78 is 24.4. The van der Waals surface area contributed by atoms with Gasteiger partial charge in [0.25, 0.3) is 7.37 Å². The maximum absolute atomic E-state index is 13.5. The van der Waals surface area contributed by atoms with E-state index in [1.807, 2.05) is 48.5 Å². The number of unbranched alkanes of at least 4 members (excludes halogenated alkanes) is 2. The largest absolute Gasteiger partial charge is 0.463 e. The molecular weight excluding hydrogens is 335 g/mol. The number of rotatable bonds is 7. The molecule has 130 valence electrons. The maximum Gasteiger partial charge on any atom is 0.330 e. The Morgan fingerprint density at radius 2 is 1.76 bits per heavy atom. The van der Waals surface area contributed by atoms with Crippen LogP contribution in [0.2, 0.25) is 0 Å². The third-order valence-corrected chi connectivity index (χ3v) is 6.72. The quantitative estimate of drug-likeness (QED) is 0.316. The van der Waals surface area contributed by atoms with Gasteiger partial charge in [0.05, 0.1) is 11.9 Å². The van der Waals surface area contributed by atoms with Crippen LogP contribution in [0.4, 0.5) is 0 Å². The van der Waals surface area contributed by atoms with E-state index < -0.39 is 13.3 Å². The van der Waals surface area contributed by atoms with E-state index in [4.69, 9.17) is 9.26 Å². The van der Waals surface area contributed by atoms with E-state index in [9.17, 15) is 9.36 Å². The predicted molar refractivity (Wildman–Crippen MR) is 99.6 cm³/mol. The Balaban J connectivity index is 1.67. The lowest BCUT2D eigenvalue weighted by Gasteiger charge is -2.28. The molecule has 0 aliphatic carbocycles. The first-order valence-electron chi connectivity index (χ1n) is 8.41. The summed E-state index contributed by atoms with van der Waals surface area (Å²) in [7, 11) is -2.93. The van der Waals surface area contributed by atoms with Gasteiger partial charge in [-0.15, -0.1) is 0 Å². The van der Waals surface area contributed by atoms with E-state index in [2.05, 4.69) is 6.58 Å². The van der Waals surface area contributed by atoms with Gasteiger partial charge in [-0.3, -0.25) is 4.57 Å². The van der Waals surface area contributed by atoms with Crippen LogP contribution in [0, 0.1) is 0 Å². The van der Waals surface area contributed by atoms with Crippen molar-refractivity contribution in [1.82, 2.24) is 0 Å². The Morgan fingerprint density at radius 1 is 1.04 bits per heavy atom. The molecule has 5 heteroatoms. The first-order valence-corrected chi connectivity index (χ1v) is 10.2. The monoisotopic (exact) mass is 356 g/mol. The number of hydrogen-bond acceptors (Lipinski definition) is 4. The van der Waals surface area contributed by atoms with Crippen molar-refractivity contribution in [3.8, 4) is 16.9 Å². The summed E-state index contributed by atoms with van der Waals surface area (Å²) >= 11 is 0. The maximum atomic E-state index is 13.5. The minimum Gasteiger partial charge on any atom is -0.463 e. The number of carbonyl (C=O) groups excluding carboxylic acids is 1. The Morgan fingerprint density at radius 3 is 2.56 bits per heavy atom. The van der Waals surface area contributed by atoms with Crippen molar-refractivity contribution in [2.24, 2.45) is 0 Å². The van der Waals surface area contributed by atoms with Crippen LogP contribution in [0.3, 0.4) is 0 Å². The van der Waals surface area contributed by atoms with Gasteiger partial charge in [-0.25, -0.2) is 4.79 Å². The molecule has 0 N–H and O–H groups in total. The molecule has 25 heavy (non-hydrogen) atoms. The van der Waals surface area contributed by atoms with E-state index in [0.29, 0.717) is 18.5 Å². The molecule has 1 heterocycles. The van der Waals surface area contributed by atoms with Gasteiger partial charge >= 0.3 is 5.97 Å². The normalized spacial score (nSPS) is 17.8. The van der Waals surface area contributed by atoms with Gasteiger partial charge in [-0.05, 0) is 37.0 Å². The number of benzene rings is 2. The summed E-state index contributed by atoms with van der Waals surface area (Å²) in [4.78, 5) is 11.0.